The van der Waals surface area contributed by atoms with Crippen LogP contribution in [0.3, 0.4) is 0 Å². The third-order valence-electron chi connectivity index (χ3n) is 3.81. The van der Waals surface area contributed by atoms with Crippen molar-refractivity contribution in [1.29, 1.82) is 0 Å². The number of halogens is 2. The maximum absolute atomic E-state index is 14.0. The monoisotopic (exact) mass is 421 g/mol. The Morgan fingerprint density at radius 1 is 1.21 bits per heavy atom. The molecule has 28 heavy (non-hydrogen) atoms. The van der Waals surface area contributed by atoms with Crippen LogP contribution < -0.4 is 4.74 Å². The van der Waals surface area contributed by atoms with E-state index >= 15 is 0 Å². The summed E-state index contributed by atoms with van der Waals surface area (Å²) in [6.07, 6.45) is 1.44. The van der Waals surface area contributed by atoms with Gasteiger partial charge < -0.3 is 9.84 Å². The zero-order chi connectivity index (χ0) is 20.3. The fraction of sp³-hybridized carbons (Fsp3) is 0.105. The van der Waals surface area contributed by atoms with E-state index in [2.05, 4.69) is 0 Å². The first-order chi connectivity index (χ1) is 13.4. The maximum Gasteiger partial charge on any atom is 0.341 e. The number of hydrogen-bond acceptors (Lipinski definition) is 5. The Kier molecular flexibility index (Phi) is 6.01. The molecule has 0 aromatic heterocycles. The second-order valence-electron chi connectivity index (χ2n) is 5.69. The van der Waals surface area contributed by atoms with E-state index in [0.717, 1.165) is 4.90 Å². The van der Waals surface area contributed by atoms with Crippen molar-refractivity contribution in [2.24, 2.45) is 0 Å². The quantitative estimate of drug-likeness (QED) is 0.704. The van der Waals surface area contributed by atoms with Crippen LogP contribution in [-0.2, 0) is 16.1 Å². The molecule has 1 aliphatic heterocycles. The normalized spacial score (nSPS) is 15.4. The molecule has 0 bridgehead atoms. The van der Waals surface area contributed by atoms with Crippen molar-refractivity contribution >= 4 is 46.6 Å². The van der Waals surface area contributed by atoms with Gasteiger partial charge in [-0.25, -0.2) is 9.18 Å². The Morgan fingerprint density at radius 2 is 1.96 bits per heavy atom. The van der Waals surface area contributed by atoms with E-state index in [4.69, 9.17) is 21.4 Å². The summed E-state index contributed by atoms with van der Waals surface area (Å²) >= 11 is 6.68. The number of imide groups is 1. The molecule has 1 saturated heterocycles. The van der Waals surface area contributed by atoms with Gasteiger partial charge in [0.05, 0.1) is 11.4 Å². The molecule has 9 heteroatoms. The molecule has 0 spiro atoms. The molecule has 0 radical (unpaired) electrons. The van der Waals surface area contributed by atoms with Crippen molar-refractivity contribution in [3.8, 4) is 5.75 Å². The highest BCUT2D eigenvalue weighted by Gasteiger charge is 2.36. The van der Waals surface area contributed by atoms with Crippen LogP contribution >= 0.6 is 23.4 Å². The predicted octanol–water partition coefficient (Wildman–Crippen LogP) is 4.18. The Hall–Kier alpha value is -2.84. The highest BCUT2D eigenvalue weighted by Crippen LogP contribution is 2.35. The topological polar surface area (TPSA) is 83.9 Å². The smallest absolute Gasteiger partial charge is 0.341 e. The van der Waals surface area contributed by atoms with E-state index in [1.165, 1.54) is 24.3 Å². The van der Waals surface area contributed by atoms with Gasteiger partial charge in [-0.05, 0) is 36.0 Å². The molecule has 1 N–H and O–H groups in total. The molecule has 2 aromatic rings. The number of ether oxygens (including phenoxy) is 1. The number of amides is 2. The van der Waals surface area contributed by atoms with Crippen LogP contribution in [0.15, 0.2) is 47.4 Å². The van der Waals surface area contributed by atoms with Crippen molar-refractivity contribution in [3.05, 3.63) is 69.3 Å². The number of benzene rings is 2. The second kappa shape index (κ2) is 8.45. The van der Waals surface area contributed by atoms with Crippen LogP contribution in [0.2, 0.25) is 5.02 Å². The first-order valence-electron chi connectivity index (χ1n) is 7.98. The van der Waals surface area contributed by atoms with Crippen molar-refractivity contribution in [2.45, 2.75) is 6.54 Å². The largest absolute Gasteiger partial charge is 0.481 e. The average Bonchev–Trinajstić information content (AvgIpc) is 2.91. The summed E-state index contributed by atoms with van der Waals surface area (Å²) in [6.45, 7) is -0.831. The van der Waals surface area contributed by atoms with Gasteiger partial charge in [0.15, 0.2) is 6.61 Å². The molecule has 0 aliphatic carbocycles. The van der Waals surface area contributed by atoms with Crippen molar-refractivity contribution in [3.63, 3.8) is 0 Å². The van der Waals surface area contributed by atoms with Gasteiger partial charge in [0.25, 0.3) is 11.1 Å². The van der Waals surface area contributed by atoms with Gasteiger partial charge >= 0.3 is 5.97 Å². The second-order valence-corrected chi connectivity index (χ2v) is 7.09. The standard InChI is InChI=1S/C19H13ClFNO5S/c20-13-5-3-6-14(21)12(13)9-22-18(25)16(28-19(22)26)8-11-4-1-2-7-15(11)27-10-17(23)24/h1-8H,9-10H2,(H,23,24)/b16-8+. The summed E-state index contributed by atoms with van der Waals surface area (Å²) in [5.41, 5.74) is 0.496. The molecule has 6 nitrogen and oxygen atoms in total. The van der Waals surface area contributed by atoms with E-state index in [1.54, 1.807) is 24.3 Å². The Morgan fingerprint density at radius 3 is 2.68 bits per heavy atom. The minimum atomic E-state index is -1.14. The van der Waals surface area contributed by atoms with Gasteiger partial charge in [-0.3, -0.25) is 14.5 Å². The number of carboxylic acid groups (broad SMARTS) is 1. The molecular weight excluding hydrogens is 409 g/mol. The van der Waals surface area contributed by atoms with Gasteiger partial charge in [-0.2, -0.15) is 0 Å². The number of hydrogen-bond donors (Lipinski definition) is 1. The van der Waals surface area contributed by atoms with E-state index in [0.29, 0.717) is 17.3 Å². The fourth-order valence-corrected chi connectivity index (χ4v) is 3.54. The lowest BCUT2D eigenvalue weighted by Crippen LogP contribution is -2.28. The highest BCUT2D eigenvalue weighted by atomic mass is 35.5. The molecule has 0 unspecified atom stereocenters. The SMILES string of the molecule is O=C(O)COc1ccccc1/C=C1/SC(=O)N(Cc2c(F)cccc2Cl)C1=O. The average molecular weight is 422 g/mol. The first kappa shape index (κ1) is 19.9. The highest BCUT2D eigenvalue weighted by molar-refractivity contribution is 8.18. The third-order valence-corrected chi connectivity index (χ3v) is 5.07. The minimum absolute atomic E-state index is 0.0536. The number of carboxylic acids is 1. The summed E-state index contributed by atoms with van der Waals surface area (Å²) < 4.78 is 19.2. The van der Waals surface area contributed by atoms with Gasteiger partial charge in [0, 0.05) is 16.1 Å². The lowest BCUT2D eigenvalue weighted by atomic mass is 10.1. The van der Waals surface area contributed by atoms with Crippen LogP contribution in [0.1, 0.15) is 11.1 Å². The fourth-order valence-electron chi connectivity index (χ4n) is 2.49. The Labute approximate surface area is 168 Å². The molecule has 2 aromatic carbocycles. The summed E-state index contributed by atoms with van der Waals surface area (Å²) in [7, 11) is 0. The number of thioether (sulfide) groups is 1. The van der Waals surface area contributed by atoms with Crippen LogP contribution in [0.5, 0.6) is 5.75 Å². The van der Waals surface area contributed by atoms with Crippen molar-refractivity contribution in [1.82, 2.24) is 4.90 Å². The summed E-state index contributed by atoms with van der Waals surface area (Å²) in [5.74, 6) is -2.09. The Balaban J connectivity index is 1.85. The molecule has 144 valence electrons. The molecular formula is C19H13ClFNO5S. The summed E-state index contributed by atoms with van der Waals surface area (Å²) in [6, 6.07) is 10.6. The molecule has 1 fully saturated rings. The van der Waals surface area contributed by atoms with Crippen LogP contribution in [0, 0.1) is 5.82 Å². The molecule has 2 amide bonds. The molecule has 1 heterocycles. The molecule has 0 atom stereocenters. The number of nitrogens with zero attached hydrogens (tertiary/aromatic N) is 1. The Bertz CT molecular complexity index is 974. The minimum Gasteiger partial charge on any atom is -0.481 e. The predicted molar refractivity (Wildman–Crippen MR) is 102 cm³/mol. The number of para-hydroxylation sites is 1. The summed E-state index contributed by atoms with van der Waals surface area (Å²) in [4.78, 5) is 36.6. The van der Waals surface area contributed by atoms with E-state index < -0.39 is 29.5 Å². The van der Waals surface area contributed by atoms with E-state index in [9.17, 15) is 18.8 Å². The zero-order valence-electron chi connectivity index (χ0n) is 14.2. The summed E-state index contributed by atoms with van der Waals surface area (Å²) in [5, 5.41) is 8.32. The van der Waals surface area contributed by atoms with Gasteiger partial charge in [0.2, 0.25) is 0 Å². The maximum atomic E-state index is 14.0. The third kappa shape index (κ3) is 4.35. The van der Waals surface area contributed by atoms with Crippen LogP contribution in [0.25, 0.3) is 6.08 Å². The lowest BCUT2D eigenvalue weighted by Gasteiger charge is -2.14. The van der Waals surface area contributed by atoms with Crippen LogP contribution in [-0.4, -0.2) is 33.7 Å². The van der Waals surface area contributed by atoms with E-state index in [1.807, 2.05) is 0 Å². The zero-order valence-corrected chi connectivity index (χ0v) is 15.8. The van der Waals surface area contributed by atoms with Crippen molar-refractivity contribution in [2.75, 3.05) is 6.61 Å². The van der Waals surface area contributed by atoms with E-state index in [-0.39, 0.29) is 27.8 Å². The number of aliphatic carboxylic acids is 1. The molecule has 1 aliphatic rings. The number of carbonyl (C=O) groups excluding carboxylic acids is 2. The molecule has 3 rings (SSSR count). The van der Waals surface area contributed by atoms with Gasteiger partial charge in [-0.15, -0.1) is 0 Å². The van der Waals surface area contributed by atoms with Crippen LogP contribution in [0.4, 0.5) is 9.18 Å². The van der Waals surface area contributed by atoms with Gasteiger partial charge in [0.1, 0.15) is 11.6 Å². The van der Waals surface area contributed by atoms with Gasteiger partial charge in [-0.1, -0.05) is 35.9 Å². The number of carbonyl (C=O) groups is 3. The lowest BCUT2D eigenvalue weighted by molar-refractivity contribution is -0.139. The van der Waals surface area contributed by atoms with Crippen molar-refractivity contribution < 1.29 is 28.6 Å². The number of rotatable bonds is 6. The molecule has 0 saturated carbocycles. The first-order valence-corrected chi connectivity index (χ1v) is 9.18.